The molecular formula is C13H10Cl3IN2O. The maximum Gasteiger partial charge on any atom is 0.146 e. The number of benzene rings is 1. The summed E-state index contributed by atoms with van der Waals surface area (Å²) in [5.74, 6) is 0.626. The minimum absolute atomic E-state index is 0.398. The topological polar surface area (TPSA) is 35.0 Å². The molecule has 1 heterocycles. The highest BCUT2D eigenvalue weighted by atomic mass is 127. The van der Waals surface area contributed by atoms with Crippen molar-refractivity contribution in [3.05, 3.63) is 54.0 Å². The average Bonchev–Trinajstić information content (AvgIpc) is 2.40. The highest BCUT2D eigenvalue weighted by molar-refractivity contribution is 14.1. The van der Waals surface area contributed by atoms with Gasteiger partial charge in [0.1, 0.15) is 11.0 Å². The van der Waals surface area contributed by atoms with Crippen molar-refractivity contribution in [3.8, 4) is 0 Å². The minimum Gasteiger partial charge on any atom is -0.378 e. The Balaban J connectivity index is 2.31. The molecule has 1 aromatic heterocycles. The molecule has 0 spiro atoms. The van der Waals surface area contributed by atoms with Crippen LogP contribution in [-0.2, 0) is 17.8 Å². The molecule has 20 heavy (non-hydrogen) atoms. The lowest BCUT2D eigenvalue weighted by atomic mass is 10.1. The zero-order valence-corrected chi connectivity index (χ0v) is 14.9. The van der Waals surface area contributed by atoms with E-state index in [2.05, 4.69) is 32.6 Å². The maximum absolute atomic E-state index is 6.12. The second-order valence-electron chi connectivity index (χ2n) is 4.05. The average molecular weight is 443 g/mol. The summed E-state index contributed by atoms with van der Waals surface area (Å²) in [6.07, 6.45) is 0.532. The predicted octanol–water partition coefficient (Wildman–Crippen LogP) is 4.78. The van der Waals surface area contributed by atoms with Crippen LogP contribution in [0.2, 0.25) is 15.2 Å². The normalized spacial score (nSPS) is 10.8. The molecule has 7 heteroatoms. The molecular weight excluding hydrogens is 433 g/mol. The number of hydrogen-bond acceptors (Lipinski definition) is 3. The SMILES string of the molecule is COCc1nc(Cc2ccc(Cl)c(Cl)c2)nc(Cl)c1I. The Morgan fingerprint density at radius 1 is 1.15 bits per heavy atom. The van der Waals surface area contributed by atoms with Crippen LogP contribution in [-0.4, -0.2) is 17.1 Å². The summed E-state index contributed by atoms with van der Waals surface area (Å²) in [6, 6.07) is 5.44. The molecule has 2 aromatic rings. The van der Waals surface area contributed by atoms with E-state index in [1.807, 2.05) is 6.07 Å². The summed E-state index contributed by atoms with van der Waals surface area (Å²) in [5.41, 5.74) is 1.75. The predicted molar refractivity (Wildman–Crippen MR) is 89.7 cm³/mol. The highest BCUT2D eigenvalue weighted by Crippen LogP contribution is 2.25. The molecule has 0 unspecified atom stereocenters. The standard InChI is InChI=1S/C13H10Cl3IN2O/c1-20-6-10-12(17)13(16)19-11(18-10)5-7-2-3-8(14)9(15)4-7/h2-4H,5-6H2,1H3. The van der Waals surface area contributed by atoms with Gasteiger partial charge in [0.2, 0.25) is 0 Å². The molecule has 0 amide bonds. The largest absolute Gasteiger partial charge is 0.378 e. The lowest BCUT2D eigenvalue weighted by Gasteiger charge is -2.08. The molecule has 0 saturated carbocycles. The van der Waals surface area contributed by atoms with Gasteiger partial charge in [0.05, 0.1) is 25.9 Å². The molecule has 1 aromatic carbocycles. The van der Waals surface area contributed by atoms with E-state index in [0.717, 1.165) is 14.8 Å². The van der Waals surface area contributed by atoms with Gasteiger partial charge >= 0.3 is 0 Å². The van der Waals surface area contributed by atoms with Crippen LogP contribution in [0.25, 0.3) is 0 Å². The molecule has 0 N–H and O–H groups in total. The summed E-state index contributed by atoms with van der Waals surface area (Å²) in [6.45, 7) is 0.398. The monoisotopic (exact) mass is 442 g/mol. The van der Waals surface area contributed by atoms with Crippen molar-refractivity contribution in [3.63, 3.8) is 0 Å². The quantitative estimate of drug-likeness (QED) is 0.504. The molecule has 0 bridgehead atoms. The Bertz CT molecular complexity index is 637. The van der Waals surface area contributed by atoms with Gasteiger partial charge in [0.25, 0.3) is 0 Å². The van der Waals surface area contributed by atoms with Gasteiger partial charge in [-0.25, -0.2) is 9.97 Å². The molecule has 0 atom stereocenters. The molecule has 0 aliphatic carbocycles. The van der Waals surface area contributed by atoms with Crippen molar-refractivity contribution in [1.82, 2.24) is 9.97 Å². The molecule has 0 saturated heterocycles. The van der Waals surface area contributed by atoms with Crippen LogP contribution < -0.4 is 0 Å². The van der Waals surface area contributed by atoms with Gasteiger partial charge in [-0.15, -0.1) is 0 Å². The number of ether oxygens (including phenoxy) is 1. The van der Waals surface area contributed by atoms with E-state index in [4.69, 9.17) is 39.5 Å². The smallest absolute Gasteiger partial charge is 0.146 e. The third kappa shape index (κ3) is 3.95. The fourth-order valence-corrected chi connectivity index (χ4v) is 2.58. The van der Waals surface area contributed by atoms with Gasteiger partial charge < -0.3 is 4.74 Å². The Hall–Kier alpha value is -0.140. The van der Waals surface area contributed by atoms with Crippen LogP contribution >= 0.6 is 57.4 Å². The van der Waals surface area contributed by atoms with Crippen LogP contribution in [0.4, 0.5) is 0 Å². The van der Waals surface area contributed by atoms with Gasteiger partial charge in [0, 0.05) is 13.5 Å². The molecule has 106 valence electrons. The summed E-state index contributed by atoms with van der Waals surface area (Å²) < 4.78 is 5.92. The number of aromatic nitrogens is 2. The number of nitrogens with zero attached hydrogens (tertiary/aromatic N) is 2. The van der Waals surface area contributed by atoms with E-state index in [0.29, 0.717) is 34.1 Å². The first-order valence-corrected chi connectivity index (χ1v) is 7.86. The Kier molecular flexibility index (Phi) is 5.86. The molecule has 0 radical (unpaired) electrons. The van der Waals surface area contributed by atoms with Crippen molar-refractivity contribution in [2.75, 3.05) is 7.11 Å². The lowest BCUT2D eigenvalue weighted by molar-refractivity contribution is 0.180. The summed E-state index contributed by atoms with van der Waals surface area (Å²) in [7, 11) is 1.62. The molecule has 2 rings (SSSR count). The summed E-state index contributed by atoms with van der Waals surface area (Å²) in [5, 5.41) is 1.47. The second-order valence-corrected chi connectivity index (χ2v) is 6.30. The van der Waals surface area contributed by atoms with Crippen LogP contribution in [0.1, 0.15) is 17.1 Å². The first-order valence-electron chi connectivity index (χ1n) is 5.65. The third-order valence-electron chi connectivity index (χ3n) is 2.55. The van der Waals surface area contributed by atoms with Crippen molar-refractivity contribution in [2.24, 2.45) is 0 Å². The van der Waals surface area contributed by atoms with E-state index in [-0.39, 0.29) is 0 Å². The third-order valence-corrected chi connectivity index (χ3v) is 5.02. The zero-order valence-electron chi connectivity index (χ0n) is 10.5. The van der Waals surface area contributed by atoms with Crippen molar-refractivity contribution in [1.29, 1.82) is 0 Å². The molecule has 0 fully saturated rings. The number of methoxy groups -OCH3 is 1. The van der Waals surface area contributed by atoms with E-state index >= 15 is 0 Å². The lowest BCUT2D eigenvalue weighted by Crippen LogP contribution is -2.05. The van der Waals surface area contributed by atoms with Crippen molar-refractivity contribution < 1.29 is 4.74 Å². The highest BCUT2D eigenvalue weighted by Gasteiger charge is 2.11. The first kappa shape index (κ1) is 16.2. The van der Waals surface area contributed by atoms with E-state index in [9.17, 15) is 0 Å². The van der Waals surface area contributed by atoms with E-state index in [1.54, 1.807) is 19.2 Å². The Labute approximate surface area is 145 Å². The fraction of sp³-hybridized carbons (Fsp3) is 0.231. The number of hydrogen-bond donors (Lipinski definition) is 0. The van der Waals surface area contributed by atoms with Crippen LogP contribution in [0, 0.1) is 3.57 Å². The van der Waals surface area contributed by atoms with Gasteiger partial charge in [-0.3, -0.25) is 0 Å². The number of rotatable bonds is 4. The van der Waals surface area contributed by atoms with Crippen molar-refractivity contribution in [2.45, 2.75) is 13.0 Å². The Morgan fingerprint density at radius 2 is 1.90 bits per heavy atom. The van der Waals surface area contributed by atoms with Crippen molar-refractivity contribution >= 4 is 57.4 Å². The molecule has 0 aliphatic rings. The van der Waals surface area contributed by atoms with Crippen LogP contribution in [0.15, 0.2) is 18.2 Å². The molecule has 0 aliphatic heterocycles. The maximum atomic E-state index is 6.12. The van der Waals surface area contributed by atoms with E-state index < -0.39 is 0 Å². The van der Waals surface area contributed by atoms with Gasteiger partial charge in [-0.05, 0) is 40.3 Å². The van der Waals surface area contributed by atoms with Gasteiger partial charge in [0.15, 0.2) is 0 Å². The Morgan fingerprint density at radius 3 is 2.55 bits per heavy atom. The molecule has 3 nitrogen and oxygen atoms in total. The fourth-order valence-electron chi connectivity index (χ4n) is 1.65. The summed E-state index contributed by atoms with van der Waals surface area (Å²) >= 11 is 20.1. The van der Waals surface area contributed by atoms with Crippen LogP contribution in [0.5, 0.6) is 0 Å². The van der Waals surface area contributed by atoms with Gasteiger partial charge in [-0.1, -0.05) is 40.9 Å². The van der Waals surface area contributed by atoms with Gasteiger partial charge in [-0.2, -0.15) is 0 Å². The second kappa shape index (κ2) is 7.22. The van der Waals surface area contributed by atoms with E-state index in [1.165, 1.54) is 0 Å². The first-order chi connectivity index (χ1) is 9.51. The summed E-state index contributed by atoms with van der Waals surface area (Å²) in [4.78, 5) is 8.74. The minimum atomic E-state index is 0.398. The number of halogens is 4. The van der Waals surface area contributed by atoms with Crippen LogP contribution in [0.3, 0.4) is 0 Å². The zero-order chi connectivity index (χ0) is 14.7.